The maximum Gasteiger partial charge on any atom is 2.00 e. The van der Waals surface area contributed by atoms with E-state index in [4.69, 9.17) is 0 Å². The second-order valence-electron chi connectivity index (χ2n) is 8.92. The molecule has 0 aromatic rings. The summed E-state index contributed by atoms with van der Waals surface area (Å²) in [6.45, 7) is 14.5. The van der Waals surface area contributed by atoms with Gasteiger partial charge in [-0.25, -0.2) is 0 Å². The Kier molecular flexibility index (Phi) is 23.9. The zero-order valence-electron chi connectivity index (χ0n) is 20.1. The summed E-state index contributed by atoms with van der Waals surface area (Å²) in [6, 6.07) is 0. The molecule has 2 rings (SSSR count). The van der Waals surface area contributed by atoms with Crippen LogP contribution in [0.15, 0.2) is 0 Å². The van der Waals surface area contributed by atoms with Crippen molar-refractivity contribution in [3.63, 3.8) is 0 Å². The van der Waals surface area contributed by atoms with Gasteiger partial charge in [0.05, 0.1) is 35.0 Å². The molecule has 0 heterocycles. The molecular weight excluding hydrogens is 451 g/mol. The molecule has 0 saturated heterocycles. The standard InChI is InChI=1S/2C11H23P.2CH3.Ru/c2*1-4-9-12(10(2)3)11-7-5-6-8-11;;;/h2*10-11H,4-9H2,1-3H3;2*1H3;/q;;2*-1;+2/p+2. The van der Waals surface area contributed by atoms with E-state index in [1.807, 2.05) is 0 Å². The normalized spacial score (nSPS) is 19.6. The first-order valence-electron chi connectivity index (χ1n) is 11.2. The van der Waals surface area contributed by atoms with Crippen LogP contribution in [0.1, 0.15) is 106 Å². The van der Waals surface area contributed by atoms with Crippen molar-refractivity contribution in [2.45, 2.75) is 128 Å². The van der Waals surface area contributed by atoms with E-state index in [-0.39, 0.29) is 50.2 Å². The fraction of sp³-hybridized carbons (Fsp3) is 0.917. The Hall–Kier alpha value is 1.48. The van der Waals surface area contributed by atoms with Gasteiger partial charge in [0.25, 0.3) is 0 Å². The van der Waals surface area contributed by atoms with Crippen molar-refractivity contribution in [2.24, 2.45) is 0 Å². The van der Waals surface area contributed by atoms with E-state index in [0.29, 0.717) is 0 Å². The Bertz CT molecular complexity index is 265. The summed E-state index contributed by atoms with van der Waals surface area (Å²) in [5, 5.41) is 0. The van der Waals surface area contributed by atoms with Gasteiger partial charge >= 0.3 is 19.5 Å². The van der Waals surface area contributed by atoms with Crippen LogP contribution in [-0.2, 0) is 19.5 Å². The van der Waals surface area contributed by atoms with E-state index in [9.17, 15) is 0 Å². The average molecular weight is 506 g/mol. The second-order valence-corrected chi connectivity index (χ2v) is 16.2. The van der Waals surface area contributed by atoms with Gasteiger partial charge in [-0.05, 0) is 91.9 Å². The van der Waals surface area contributed by atoms with Crippen molar-refractivity contribution >= 4 is 15.8 Å². The van der Waals surface area contributed by atoms with Crippen LogP contribution in [0.4, 0.5) is 0 Å². The molecule has 0 N–H and O–H groups in total. The summed E-state index contributed by atoms with van der Waals surface area (Å²) in [7, 11) is 0.0195. The van der Waals surface area contributed by atoms with Gasteiger partial charge < -0.3 is 14.9 Å². The molecule has 2 unspecified atom stereocenters. The van der Waals surface area contributed by atoms with Gasteiger partial charge in [0.15, 0.2) is 0 Å². The van der Waals surface area contributed by atoms with Crippen LogP contribution in [0, 0.1) is 14.9 Å². The molecule has 3 heteroatoms. The van der Waals surface area contributed by atoms with Crippen molar-refractivity contribution in [3.05, 3.63) is 14.9 Å². The van der Waals surface area contributed by atoms with Gasteiger partial charge in [0.2, 0.25) is 0 Å². The first-order valence-corrected chi connectivity index (χ1v) is 14.9. The molecule has 0 aromatic heterocycles. The summed E-state index contributed by atoms with van der Waals surface area (Å²) in [5.41, 5.74) is 4.38. The van der Waals surface area contributed by atoms with Gasteiger partial charge in [-0.2, -0.15) is 0 Å². The van der Waals surface area contributed by atoms with Gasteiger partial charge in [0.1, 0.15) is 0 Å². The van der Waals surface area contributed by atoms with E-state index in [0.717, 1.165) is 11.3 Å². The molecule has 27 heavy (non-hydrogen) atoms. The maximum absolute atomic E-state index is 2.45. The van der Waals surface area contributed by atoms with E-state index >= 15 is 0 Å². The summed E-state index contributed by atoms with van der Waals surface area (Å²) >= 11 is 0. The minimum absolute atomic E-state index is 0. The SMILES string of the molecule is CCC[PH+](C(C)C)C1CCCC1.CCC[PH+](C(C)C)C1CCCC1.[CH3-].[CH3-].[Ru+2]. The first kappa shape index (κ1) is 33.1. The molecule has 0 spiro atoms. The summed E-state index contributed by atoms with van der Waals surface area (Å²) in [6.07, 6.45) is 18.3. The monoisotopic (exact) mass is 506 g/mol. The Morgan fingerprint density at radius 1 is 0.630 bits per heavy atom. The van der Waals surface area contributed by atoms with E-state index in [2.05, 4.69) is 41.5 Å². The zero-order valence-corrected chi connectivity index (χ0v) is 23.9. The third-order valence-corrected chi connectivity index (χ3v) is 14.7. The van der Waals surface area contributed by atoms with Gasteiger partial charge in [-0.3, -0.25) is 0 Å². The fourth-order valence-electron chi connectivity index (χ4n) is 5.10. The van der Waals surface area contributed by atoms with Crippen LogP contribution in [0.2, 0.25) is 0 Å². The minimum atomic E-state index is 0. The molecule has 0 radical (unpaired) electrons. The predicted molar refractivity (Wildman–Crippen MR) is 135 cm³/mol. The zero-order chi connectivity index (χ0) is 17.9. The van der Waals surface area contributed by atoms with Crippen molar-refractivity contribution in [1.29, 1.82) is 0 Å². The fourth-order valence-corrected chi connectivity index (χ4v) is 12.4. The first-order chi connectivity index (χ1) is 11.5. The maximum atomic E-state index is 2.45. The van der Waals surface area contributed by atoms with E-state index in [1.165, 1.54) is 49.8 Å². The van der Waals surface area contributed by atoms with Crippen LogP contribution in [0.3, 0.4) is 0 Å². The molecule has 0 aromatic carbocycles. The largest absolute Gasteiger partial charge is 2.00 e. The molecule has 2 aliphatic carbocycles. The summed E-state index contributed by atoms with van der Waals surface area (Å²) in [4.78, 5) is 0. The molecule has 0 amide bonds. The van der Waals surface area contributed by atoms with Crippen molar-refractivity contribution in [3.8, 4) is 0 Å². The molecule has 0 bridgehead atoms. The molecule has 0 nitrogen and oxygen atoms in total. The molecule has 2 atom stereocenters. The van der Waals surface area contributed by atoms with Crippen LogP contribution in [0.25, 0.3) is 0 Å². The predicted octanol–water partition coefficient (Wildman–Crippen LogP) is 8.82. The number of hydrogen-bond donors (Lipinski definition) is 0. The topological polar surface area (TPSA) is 0 Å². The van der Waals surface area contributed by atoms with Gasteiger partial charge in [0, 0.05) is 15.8 Å². The third-order valence-electron chi connectivity index (χ3n) is 6.32. The smallest absolute Gasteiger partial charge is 0.358 e. The van der Waals surface area contributed by atoms with Gasteiger partial charge in [-0.15, -0.1) is 0 Å². The average Bonchev–Trinajstić information content (AvgIpc) is 3.23. The van der Waals surface area contributed by atoms with Crippen LogP contribution in [0.5, 0.6) is 0 Å². The molecule has 2 saturated carbocycles. The Morgan fingerprint density at radius 2 is 0.889 bits per heavy atom. The Morgan fingerprint density at radius 3 is 1.07 bits per heavy atom. The van der Waals surface area contributed by atoms with E-state index < -0.39 is 0 Å². The summed E-state index contributed by atoms with van der Waals surface area (Å²) in [5.74, 6) is 0. The molecule has 2 aliphatic rings. The number of rotatable bonds is 8. The van der Waals surface area contributed by atoms with Crippen LogP contribution in [-0.4, -0.2) is 35.0 Å². The van der Waals surface area contributed by atoms with Crippen molar-refractivity contribution in [1.82, 2.24) is 0 Å². The van der Waals surface area contributed by atoms with E-state index in [1.54, 1.807) is 38.0 Å². The quantitative estimate of drug-likeness (QED) is 0.176. The minimum Gasteiger partial charge on any atom is -0.358 e. The number of hydrogen-bond acceptors (Lipinski definition) is 0. The second kappa shape index (κ2) is 19.4. The Balaban J connectivity index is -0.000000384. The van der Waals surface area contributed by atoms with Gasteiger partial charge in [-0.1, -0.05) is 13.8 Å². The van der Waals surface area contributed by atoms with Crippen molar-refractivity contribution < 1.29 is 19.5 Å². The van der Waals surface area contributed by atoms with Crippen LogP contribution >= 0.6 is 15.8 Å². The molecule has 2 fully saturated rings. The molecule has 0 aliphatic heterocycles. The Labute approximate surface area is 190 Å². The van der Waals surface area contributed by atoms with Crippen molar-refractivity contribution in [2.75, 3.05) is 12.3 Å². The van der Waals surface area contributed by atoms with Crippen LogP contribution < -0.4 is 0 Å². The third kappa shape index (κ3) is 12.7. The molecular formula is C24H54P2Ru+2. The molecule has 166 valence electrons. The summed E-state index contributed by atoms with van der Waals surface area (Å²) < 4.78 is 0.